The fourth-order valence-electron chi connectivity index (χ4n) is 4.80. The molecule has 3 aromatic carbocycles. The number of alkyl halides is 3. The van der Waals surface area contributed by atoms with E-state index in [1.807, 2.05) is 12.1 Å². The zero-order valence-corrected chi connectivity index (χ0v) is 24.4. The molecule has 4 aromatic rings. The van der Waals surface area contributed by atoms with Crippen LogP contribution in [0.3, 0.4) is 0 Å². The van der Waals surface area contributed by atoms with E-state index >= 15 is 0 Å². The number of amides is 1. The van der Waals surface area contributed by atoms with E-state index in [0.717, 1.165) is 49.7 Å². The molecule has 11 heteroatoms. The summed E-state index contributed by atoms with van der Waals surface area (Å²) < 4.78 is 39.0. The molecule has 0 bridgehead atoms. The number of anilines is 2. The molecule has 1 aliphatic rings. The Kier molecular flexibility index (Phi) is 9.23. The van der Waals surface area contributed by atoms with Crippen LogP contribution in [0.25, 0.3) is 0 Å². The first-order valence-electron chi connectivity index (χ1n) is 13.4. The Hall–Kier alpha value is -3.76. The molecule has 2 heterocycles. The summed E-state index contributed by atoms with van der Waals surface area (Å²) in [5.74, 6) is 0.922. The smallest absolute Gasteiger partial charge is 0.368 e. The zero-order valence-electron chi connectivity index (χ0n) is 22.9. The molecule has 1 N–H and O–H groups in total. The van der Waals surface area contributed by atoms with Crippen LogP contribution in [0.1, 0.15) is 32.6 Å². The highest BCUT2D eigenvalue weighted by Gasteiger charge is 2.30. The quantitative estimate of drug-likeness (QED) is 0.131. The fourth-order valence-corrected chi connectivity index (χ4v) is 5.82. The van der Waals surface area contributed by atoms with Crippen molar-refractivity contribution in [3.63, 3.8) is 0 Å². The Morgan fingerprint density at radius 2 is 1.62 bits per heavy atom. The molecule has 0 saturated carbocycles. The highest BCUT2D eigenvalue weighted by Crippen LogP contribution is 2.30. The summed E-state index contributed by atoms with van der Waals surface area (Å²) in [7, 11) is 0. The Morgan fingerprint density at radius 3 is 2.38 bits per heavy atom. The molecule has 5 rings (SSSR count). The van der Waals surface area contributed by atoms with Crippen molar-refractivity contribution in [3.8, 4) is 0 Å². The number of nitrogens with one attached hydrogen (secondary N) is 1. The van der Waals surface area contributed by atoms with Gasteiger partial charge in [0, 0.05) is 55.8 Å². The first-order valence-corrected chi connectivity index (χ1v) is 14.8. The van der Waals surface area contributed by atoms with Gasteiger partial charge >= 0.3 is 6.18 Å². The van der Waals surface area contributed by atoms with Gasteiger partial charge in [0.25, 0.3) is 5.91 Å². The summed E-state index contributed by atoms with van der Waals surface area (Å²) >= 11 is 7.78. The van der Waals surface area contributed by atoms with Gasteiger partial charge in [0.05, 0.1) is 5.56 Å². The van der Waals surface area contributed by atoms with Crippen molar-refractivity contribution in [2.24, 2.45) is 0 Å². The SMILES string of the molecule is Cc1ccccc1N1CCN(c2cc(Cl)nc(SCc3cccc(C(=O)NCc4cccc(C(F)(F)F)c4)c3)n2)CC1. The number of rotatable bonds is 8. The van der Waals surface area contributed by atoms with Gasteiger partial charge in [-0.25, -0.2) is 9.97 Å². The van der Waals surface area contributed by atoms with Crippen molar-refractivity contribution in [2.45, 2.75) is 30.6 Å². The van der Waals surface area contributed by atoms with Crippen molar-refractivity contribution < 1.29 is 18.0 Å². The maximum atomic E-state index is 13.0. The van der Waals surface area contributed by atoms with Gasteiger partial charge in [0.2, 0.25) is 0 Å². The predicted molar refractivity (Wildman–Crippen MR) is 161 cm³/mol. The second-order valence-electron chi connectivity index (χ2n) is 9.96. The van der Waals surface area contributed by atoms with Gasteiger partial charge in [-0.1, -0.05) is 65.8 Å². The number of nitrogens with zero attached hydrogens (tertiary/aromatic N) is 4. The zero-order chi connectivity index (χ0) is 29.7. The van der Waals surface area contributed by atoms with Crippen LogP contribution >= 0.6 is 23.4 Å². The molecule has 218 valence electrons. The van der Waals surface area contributed by atoms with Crippen molar-refractivity contribution in [1.82, 2.24) is 15.3 Å². The van der Waals surface area contributed by atoms with E-state index in [0.29, 0.717) is 27.2 Å². The van der Waals surface area contributed by atoms with Gasteiger partial charge in [-0.2, -0.15) is 13.2 Å². The average Bonchev–Trinajstić information content (AvgIpc) is 2.99. The van der Waals surface area contributed by atoms with Crippen LogP contribution in [0.2, 0.25) is 5.15 Å². The lowest BCUT2D eigenvalue weighted by molar-refractivity contribution is -0.137. The Bertz CT molecular complexity index is 1560. The number of halogens is 4. The minimum Gasteiger partial charge on any atom is -0.368 e. The lowest BCUT2D eigenvalue weighted by Gasteiger charge is -2.37. The van der Waals surface area contributed by atoms with Crippen molar-refractivity contribution in [2.75, 3.05) is 36.0 Å². The predicted octanol–water partition coefficient (Wildman–Crippen LogP) is 7.01. The van der Waals surface area contributed by atoms with E-state index in [2.05, 4.69) is 45.2 Å². The highest BCUT2D eigenvalue weighted by molar-refractivity contribution is 7.98. The molecule has 1 aromatic heterocycles. The van der Waals surface area contributed by atoms with Crippen LogP contribution < -0.4 is 15.1 Å². The molecule has 0 atom stereocenters. The summed E-state index contributed by atoms with van der Waals surface area (Å²) in [6, 6.07) is 22.2. The topological polar surface area (TPSA) is 61.4 Å². The molecular weight excluding hydrogens is 583 g/mol. The molecule has 6 nitrogen and oxygen atoms in total. The number of aryl methyl sites for hydroxylation is 1. The summed E-state index contributed by atoms with van der Waals surface area (Å²) in [6.45, 7) is 5.47. The standard InChI is InChI=1S/C31H29ClF3N5OS/c1-21-6-2-3-11-26(21)39-12-14-40(15-13-39)28-18-27(32)37-30(38-28)42-20-23-8-4-9-24(16-23)29(41)36-19-22-7-5-10-25(17-22)31(33,34)35/h2-11,16-18H,12-15,19-20H2,1H3,(H,36,41). The number of piperazine rings is 1. The Morgan fingerprint density at radius 1 is 0.905 bits per heavy atom. The normalized spacial score (nSPS) is 13.7. The molecule has 1 saturated heterocycles. The number of carbonyl (C=O) groups is 1. The minimum absolute atomic E-state index is 0.0138. The third kappa shape index (κ3) is 7.54. The summed E-state index contributed by atoms with van der Waals surface area (Å²) in [5, 5.41) is 3.61. The van der Waals surface area contributed by atoms with Crippen molar-refractivity contribution in [3.05, 3.63) is 112 Å². The lowest BCUT2D eigenvalue weighted by atomic mass is 10.1. The first-order chi connectivity index (χ1) is 20.2. The van der Waals surface area contributed by atoms with Gasteiger partial charge < -0.3 is 15.1 Å². The van der Waals surface area contributed by atoms with Gasteiger partial charge in [0.15, 0.2) is 5.16 Å². The van der Waals surface area contributed by atoms with E-state index in [1.54, 1.807) is 30.3 Å². The third-order valence-electron chi connectivity index (χ3n) is 6.99. The number of para-hydroxylation sites is 1. The van der Waals surface area contributed by atoms with E-state index < -0.39 is 11.7 Å². The van der Waals surface area contributed by atoms with Crippen LogP contribution in [-0.4, -0.2) is 42.1 Å². The van der Waals surface area contributed by atoms with Crippen LogP contribution in [0.15, 0.2) is 84.0 Å². The number of aromatic nitrogens is 2. The number of hydrogen-bond donors (Lipinski definition) is 1. The first kappa shape index (κ1) is 29.7. The largest absolute Gasteiger partial charge is 0.416 e. The molecule has 1 aliphatic heterocycles. The molecule has 42 heavy (non-hydrogen) atoms. The second-order valence-corrected chi connectivity index (χ2v) is 11.3. The number of carbonyl (C=O) groups excluding carboxylic acids is 1. The van der Waals surface area contributed by atoms with Crippen LogP contribution in [0, 0.1) is 6.92 Å². The van der Waals surface area contributed by atoms with Gasteiger partial charge in [-0.3, -0.25) is 4.79 Å². The molecular formula is C31H29ClF3N5OS. The molecule has 0 unspecified atom stereocenters. The lowest BCUT2D eigenvalue weighted by Crippen LogP contribution is -2.47. The van der Waals surface area contributed by atoms with E-state index in [-0.39, 0.29) is 12.5 Å². The van der Waals surface area contributed by atoms with E-state index in [1.165, 1.54) is 29.1 Å². The molecule has 1 fully saturated rings. The second kappa shape index (κ2) is 13.0. The van der Waals surface area contributed by atoms with Gasteiger partial charge in [-0.15, -0.1) is 0 Å². The van der Waals surface area contributed by atoms with Crippen LogP contribution in [0.5, 0.6) is 0 Å². The maximum Gasteiger partial charge on any atom is 0.416 e. The van der Waals surface area contributed by atoms with Crippen LogP contribution in [0.4, 0.5) is 24.7 Å². The Balaban J connectivity index is 1.18. The summed E-state index contributed by atoms with van der Waals surface area (Å²) in [5.41, 5.74) is 3.43. The molecule has 0 aliphatic carbocycles. The number of thioether (sulfide) groups is 1. The van der Waals surface area contributed by atoms with E-state index in [4.69, 9.17) is 16.6 Å². The Labute approximate surface area is 251 Å². The summed E-state index contributed by atoms with van der Waals surface area (Å²) in [6.07, 6.45) is -4.43. The summed E-state index contributed by atoms with van der Waals surface area (Å²) in [4.78, 5) is 26.5. The third-order valence-corrected chi connectivity index (χ3v) is 8.10. The molecule has 0 spiro atoms. The number of benzene rings is 3. The monoisotopic (exact) mass is 611 g/mol. The van der Waals surface area contributed by atoms with Gasteiger partial charge in [0.1, 0.15) is 11.0 Å². The fraction of sp³-hybridized carbons (Fsp3) is 0.258. The van der Waals surface area contributed by atoms with Gasteiger partial charge in [-0.05, 0) is 53.9 Å². The molecule has 1 amide bonds. The van der Waals surface area contributed by atoms with E-state index in [9.17, 15) is 18.0 Å². The maximum absolute atomic E-state index is 13.0. The average molecular weight is 612 g/mol. The minimum atomic E-state index is -4.43. The van der Waals surface area contributed by atoms with Crippen molar-refractivity contribution >= 4 is 40.8 Å². The molecule has 0 radical (unpaired) electrons. The highest BCUT2D eigenvalue weighted by atomic mass is 35.5. The van der Waals surface area contributed by atoms with Crippen LogP contribution in [-0.2, 0) is 18.5 Å². The number of hydrogen-bond acceptors (Lipinski definition) is 6. The van der Waals surface area contributed by atoms with Crippen molar-refractivity contribution in [1.29, 1.82) is 0 Å².